The highest BCUT2D eigenvalue weighted by Crippen LogP contribution is 2.38. The molecule has 0 unspecified atom stereocenters. The summed E-state index contributed by atoms with van der Waals surface area (Å²) in [5, 5.41) is 6.35. The molecule has 0 fully saturated rings. The number of methoxy groups -OCH3 is 1. The van der Waals surface area contributed by atoms with Gasteiger partial charge in [0, 0.05) is 42.7 Å². The topological polar surface area (TPSA) is 112 Å². The zero-order valence-corrected chi connectivity index (χ0v) is 23.1. The van der Waals surface area contributed by atoms with Gasteiger partial charge in [0.2, 0.25) is 0 Å². The van der Waals surface area contributed by atoms with Crippen LogP contribution in [0.3, 0.4) is 0 Å². The van der Waals surface area contributed by atoms with Crippen LogP contribution in [0.1, 0.15) is 40.4 Å². The van der Waals surface area contributed by atoms with Crippen molar-refractivity contribution in [1.29, 1.82) is 0 Å². The summed E-state index contributed by atoms with van der Waals surface area (Å²) >= 11 is 0. The summed E-state index contributed by atoms with van der Waals surface area (Å²) in [6.07, 6.45) is 4.39. The lowest BCUT2D eigenvalue weighted by atomic mass is 9.97. The predicted molar refractivity (Wildman–Crippen MR) is 157 cm³/mol. The van der Waals surface area contributed by atoms with Gasteiger partial charge in [-0.05, 0) is 66.9 Å². The number of fused-ring (bicyclic) bond motifs is 1. The number of carbonyl (C=O) groups excluding carboxylic acids is 3. The van der Waals surface area contributed by atoms with Crippen molar-refractivity contribution in [1.82, 2.24) is 9.55 Å². The first kappa shape index (κ1) is 27.4. The van der Waals surface area contributed by atoms with Crippen LogP contribution in [-0.2, 0) is 32.5 Å². The number of imidazole rings is 1. The molecule has 0 saturated carbocycles. The van der Waals surface area contributed by atoms with Crippen molar-refractivity contribution in [3.63, 3.8) is 0 Å². The van der Waals surface area contributed by atoms with Crippen LogP contribution in [0.2, 0.25) is 0 Å². The summed E-state index contributed by atoms with van der Waals surface area (Å²) < 4.78 is 11.9. The highest BCUT2D eigenvalue weighted by Gasteiger charge is 2.29. The van der Waals surface area contributed by atoms with E-state index >= 15 is 0 Å². The molecule has 0 spiro atoms. The molecule has 1 aromatic heterocycles. The maximum Gasteiger partial charge on any atom is 0.337 e. The third-order valence-electron chi connectivity index (χ3n) is 6.81. The second-order valence-electron chi connectivity index (χ2n) is 9.53. The molecule has 2 N–H and O–H groups in total. The number of esters is 2. The molecule has 2 heterocycles. The van der Waals surface area contributed by atoms with Crippen molar-refractivity contribution in [2.45, 2.75) is 19.8 Å². The Morgan fingerprint density at radius 2 is 1.83 bits per heavy atom. The number of anilines is 2. The first-order valence-electron chi connectivity index (χ1n) is 13.3. The molecule has 0 bridgehead atoms. The minimum atomic E-state index is -0.486. The Balaban J connectivity index is 1.56. The lowest BCUT2D eigenvalue weighted by Gasteiger charge is -2.16. The maximum absolute atomic E-state index is 13.4. The smallest absolute Gasteiger partial charge is 0.337 e. The Labute approximate surface area is 237 Å². The molecule has 208 valence electrons. The second kappa shape index (κ2) is 11.9. The minimum Gasteiger partial charge on any atom is -0.466 e. The molecule has 41 heavy (non-hydrogen) atoms. The van der Waals surface area contributed by atoms with Crippen LogP contribution in [0.15, 0.2) is 79.1 Å². The number of amides is 1. The molecular formula is C32H30N4O5. The number of hydrogen-bond acceptors (Lipinski definition) is 7. The minimum absolute atomic E-state index is 0.255. The average Bonchev–Trinajstić information content (AvgIpc) is 3.56. The summed E-state index contributed by atoms with van der Waals surface area (Å²) in [4.78, 5) is 41.9. The predicted octanol–water partition coefficient (Wildman–Crippen LogP) is 5.30. The fourth-order valence-corrected chi connectivity index (χ4v) is 4.80. The molecule has 9 nitrogen and oxygen atoms in total. The number of aryl methyl sites for hydroxylation is 2. The van der Waals surface area contributed by atoms with Gasteiger partial charge < -0.3 is 24.7 Å². The fourth-order valence-electron chi connectivity index (χ4n) is 4.80. The van der Waals surface area contributed by atoms with E-state index < -0.39 is 5.97 Å². The number of rotatable bonds is 9. The first-order chi connectivity index (χ1) is 19.9. The van der Waals surface area contributed by atoms with Gasteiger partial charge in [0.1, 0.15) is 5.82 Å². The lowest BCUT2D eigenvalue weighted by molar-refractivity contribution is -0.143. The van der Waals surface area contributed by atoms with Crippen LogP contribution < -0.4 is 10.6 Å². The van der Waals surface area contributed by atoms with E-state index in [1.807, 2.05) is 66.3 Å². The van der Waals surface area contributed by atoms with Crippen LogP contribution in [0.25, 0.3) is 22.7 Å². The average molecular weight is 551 g/mol. The Morgan fingerprint density at radius 1 is 1.02 bits per heavy atom. The van der Waals surface area contributed by atoms with Crippen LogP contribution in [-0.4, -0.2) is 41.1 Å². The molecule has 9 heteroatoms. The summed E-state index contributed by atoms with van der Waals surface area (Å²) in [6, 6.07) is 20.5. The Hall–Kier alpha value is -5.18. The fraction of sp³-hybridized carbons (Fsp3) is 0.188. The van der Waals surface area contributed by atoms with Gasteiger partial charge in [-0.1, -0.05) is 24.3 Å². The van der Waals surface area contributed by atoms with Gasteiger partial charge in [-0.15, -0.1) is 0 Å². The Morgan fingerprint density at radius 3 is 2.54 bits per heavy atom. The number of ether oxygens (including phenoxy) is 2. The number of hydrogen-bond donors (Lipinski definition) is 2. The van der Waals surface area contributed by atoms with Crippen molar-refractivity contribution in [2.24, 2.45) is 7.05 Å². The monoisotopic (exact) mass is 550 g/mol. The normalized spacial score (nSPS) is 13.3. The SMILES string of the molecule is CCOC(=O)CCc1cccc(/C(Nc2ccc(-c3nccn3C)cc2)=C2/C(=O)Nc3cc(C(=O)OC)ccc32)c1. The van der Waals surface area contributed by atoms with E-state index in [-0.39, 0.29) is 18.3 Å². The Bertz CT molecular complexity index is 1650. The molecule has 5 rings (SSSR count). The van der Waals surface area contributed by atoms with E-state index in [1.54, 1.807) is 31.3 Å². The first-order valence-corrected chi connectivity index (χ1v) is 13.3. The highest BCUT2D eigenvalue weighted by molar-refractivity contribution is 6.37. The molecule has 0 atom stereocenters. The number of aromatic nitrogens is 2. The number of nitrogens with zero attached hydrogens (tertiary/aromatic N) is 2. The molecule has 1 amide bonds. The van der Waals surface area contributed by atoms with Gasteiger partial charge in [-0.25, -0.2) is 9.78 Å². The van der Waals surface area contributed by atoms with Crippen LogP contribution in [0, 0.1) is 0 Å². The third kappa shape index (κ3) is 5.89. The van der Waals surface area contributed by atoms with Crippen LogP contribution >= 0.6 is 0 Å². The molecule has 3 aromatic carbocycles. The standard InChI is InChI=1S/C32H30N4O5/c1-4-41-27(37)15-8-20-6-5-7-22(18-20)29(34-24-12-9-21(10-13-24)30-33-16-17-36(30)2)28-25-14-11-23(32(39)40-3)19-26(25)35-31(28)38/h5-7,9-14,16-19,34H,4,8,15H2,1-3H3,(H,35,38)/b29-28-. The summed E-state index contributed by atoms with van der Waals surface area (Å²) in [5.41, 5.74) is 5.99. The quantitative estimate of drug-likeness (QED) is 0.215. The van der Waals surface area contributed by atoms with E-state index in [1.165, 1.54) is 7.11 Å². The molecule has 1 aliphatic rings. The zero-order valence-electron chi connectivity index (χ0n) is 23.1. The summed E-state index contributed by atoms with van der Waals surface area (Å²) in [6.45, 7) is 2.12. The second-order valence-corrected chi connectivity index (χ2v) is 9.53. The van der Waals surface area contributed by atoms with Crippen molar-refractivity contribution in [3.05, 3.63) is 101 Å². The molecule has 4 aromatic rings. The van der Waals surface area contributed by atoms with E-state index in [0.29, 0.717) is 41.1 Å². The zero-order chi connectivity index (χ0) is 28.9. The van der Waals surface area contributed by atoms with Gasteiger partial charge in [0.15, 0.2) is 0 Å². The van der Waals surface area contributed by atoms with E-state index in [4.69, 9.17) is 9.47 Å². The molecular weight excluding hydrogens is 520 g/mol. The maximum atomic E-state index is 13.4. The van der Waals surface area contributed by atoms with E-state index in [9.17, 15) is 14.4 Å². The van der Waals surface area contributed by atoms with E-state index in [2.05, 4.69) is 15.6 Å². The van der Waals surface area contributed by atoms with Crippen LogP contribution in [0.4, 0.5) is 11.4 Å². The van der Waals surface area contributed by atoms with Crippen molar-refractivity contribution in [2.75, 3.05) is 24.4 Å². The number of nitrogens with one attached hydrogen (secondary N) is 2. The number of benzene rings is 3. The third-order valence-corrected chi connectivity index (χ3v) is 6.81. The van der Waals surface area contributed by atoms with Gasteiger partial charge in [0.05, 0.1) is 36.2 Å². The highest BCUT2D eigenvalue weighted by atomic mass is 16.5. The van der Waals surface area contributed by atoms with Gasteiger partial charge in [0.25, 0.3) is 5.91 Å². The molecule has 0 radical (unpaired) electrons. The summed E-state index contributed by atoms with van der Waals surface area (Å²) in [7, 11) is 3.25. The van der Waals surface area contributed by atoms with E-state index in [0.717, 1.165) is 28.2 Å². The van der Waals surface area contributed by atoms with Crippen molar-refractivity contribution in [3.8, 4) is 11.4 Å². The largest absolute Gasteiger partial charge is 0.466 e. The van der Waals surface area contributed by atoms with Crippen molar-refractivity contribution < 1.29 is 23.9 Å². The molecule has 0 aliphatic carbocycles. The van der Waals surface area contributed by atoms with Gasteiger partial charge >= 0.3 is 11.9 Å². The molecule has 0 saturated heterocycles. The number of carbonyl (C=O) groups is 3. The molecule has 1 aliphatic heterocycles. The van der Waals surface area contributed by atoms with Gasteiger partial charge in [-0.3, -0.25) is 9.59 Å². The summed E-state index contributed by atoms with van der Waals surface area (Å²) in [5.74, 6) is -0.200. The lowest BCUT2D eigenvalue weighted by Crippen LogP contribution is -2.10. The Kier molecular flexibility index (Phi) is 7.96. The van der Waals surface area contributed by atoms with Crippen LogP contribution in [0.5, 0.6) is 0 Å². The van der Waals surface area contributed by atoms with Crippen molar-refractivity contribution >= 4 is 40.5 Å². The van der Waals surface area contributed by atoms with Gasteiger partial charge in [-0.2, -0.15) is 0 Å².